The average Bonchev–Trinajstić information content (AvgIpc) is 2.35. The molecule has 0 aromatic carbocycles. The van der Waals surface area contributed by atoms with E-state index in [1.807, 2.05) is 11.8 Å². The molecule has 0 spiro atoms. The molecule has 1 heterocycles. The second kappa shape index (κ2) is 7.34. The predicted octanol–water partition coefficient (Wildman–Crippen LogP) is 1.88. The topological polar surface area (TPSA) is 75.9 Å². The number of nitrogens with two attached hydrogens (primary N) is 1. The van der Waals surface area contributed by atoms with Gasteiger partial charge in [0.05, 0.1) is 0 Å². The Kier molecular flexibility index (Phi) is 6.07. The molecule has 0 radical (unpaired) electrons. The van der Waals surface area contributed by atoms with Crippen LogP contribution in [0.25, 0.3) is 0 Å². The van der Waals surface area contributed by atoms with E-state index in [4.69, 9.17) is 5.84 Å². The third-order valence-corrected chi connectivity index (χ3v) is 3.22. The lowest BCUT2D eigenvalue weighted by molar-refractivity contribution is 0.763. The van der Waals surface area contributed by atoms with Gasteiger partial charge in [-0.05, 0) is 31.8 Å². The number of anilines is 2. The van der Waals surface area contributed by atoms with Gasteiger partial charge < -0.3 is 10.7 Å². The van der Waals surface area contributed by atoms with Gasteiger partial charge >= 0.3 is 0 Å². The minimum Gasteiger partial charge on any atom is -0.367 e. The molecule has 4 N–H and O–H groups in total. The minimum atomic E-state index is 0.397. The smallest absolute Gasteiger partial charge is 0.148 e. The molecule has 1 atom stereocenters. The molecule has 0 saturated heterocycles. The lowest BCUT2D eigenvalue weighted by Crippen LogP contribution is -2.20. The van der Waals surface area contributed by atoms with E-state index in [1.165, 1.54) is 6.33 Å². The van der Waals surface area contributed by atoms with Crippen molar-refractivity contribution in [2.75, 3.05) is 22.8 Å². The molecule has 1 aromatic rings. The zero-order valence-corrected chi connectivity index (χ0v) is 11.5. The van der Waals surface area contributed by atoms with Crippen LogP contribution in [-0.4, -0.2) is 28.0 Å². The number of nitrogens with zero attached hydrogens (tertiary/aromatic N) is 2. The molecule has 1 rings (SSSR count). The number of thioether (sulfide) groups is 1. The molecule has 0 aliphatic heterocycles. The Morgan fingerprint density at radius 2 is 2.12 bits per heavy atom. The molecular formula is C11H21N5S. The van der Waals surface area contributed by atoms with Gasteiger partial charge in [-0.2, -0.15) is 11.8 Å². The number of rotatable bonds is 7. The van der Waals surface area contributed by atoms with E-state index in [0.717, 1.165) is 30.0 Å². The van der Waals surface area contributed by atoms with Crippen molar-refractivity contribution in [3.05, 3.63) is 11.9 Å². The maximum absolute atomic E-state index is 5.43. The Morgan fingerprint density at radius 3 is 2.71 bits per heavy atom. The molecule has 0 aliphatic rings. The molecule has 0 bridgehead atoms. The summed E-state index contributed by atoms with van der Waals surface area (Å²) in [6.45, 7) is 4.23. The summed E-state index contributed by atoms with van der Waals surface area (Å²) in [7, 11) is 0. The molecule has 17 heavy (non-hydrogen) atoms. The molecule has 6 heteroatoms. The number of aromatic nitrogens is 2. The first kappa shape index (κ1) is 14.1. The molecule has 1 aromatic heterocycles. The fourth-order valence-corrected chi connectivity index (χ4v) is 2.19. The molecule has 96 valence electrons. The first-order valence-corrected chi connectivity index (χ1v) is 7.18. The maximum atomic E-state index is 5.43. The van der Waals surface area contributed by atoms with Crippen LogP contribution in [-0.2, 0) is 6.42 Å². The quantitative estimate of drug-likeness (QED) is 0.510. The Labute approximate surface area is 107 Å². The van der Waals surface area contributed by atoms with Crippen LogP contribution in [0.3, 0.4) is 0 Å². The molecule has 1 unspecified atom stereocenters. The third-order valence-electron chi connectivity index (χ3n) is 2.57. The van der Waals surface area contributed by atoms with Crippen LogP contribution in [0.4, 0.5) is 11.6 Å². The lowest BCUT2D eigenvalue weighted by Gasteiger charge is -2.17. The van der Waals surface area contributed by atoms with Gasteiger partial charge in [-0.25, -0.2) is 15.8 Å². The average molecular weight is 255 g/mol. The van der Waals surface area contributed by atoms with Gasteiger partial charge in [0.15, 0.2) is 0 Å². The molecule has 5 nitrogen and oxygen atoms in total. The second-order valence-corrected chi connectivity index (χ2v) is 4.86. The van der Waals surface area contributed by atoms with Crippen molar-refractivity contribution in [3.63, 3.8) is 0 Å². The highest BCUT2D eigenvalue weighted by molar-refractivity contribution is 7.98. The molecule has 0 fully saturated rings. The van der Waals surface area contributed by atoms with Crippen molar-refractivity contribution < 1.29 is 0 Å². The standard InChI is InChI=1S/C11H21N5S/c1-4-9-10(13-7-14-11(9)16-12)15-8(2)5-6-17-3/h7-8H,4-6,12H2,1-3H3,(H2,13,14,15,16). The van der Waals surface area contributed by atoms with E-state index < -0.39 is 0 Å². The van der Waals surface area contributed by atoms with E-state index in [0.29, 0.717) is 11.9 Å². The van der Waals surface area contributed by atoms with Gasteiger partial charge in [0.2, 0.25) is 0 Å². The summed E-state index contributed by atoms with van der Waals surface area (Å²) >= 11 is 1.85. The first-order chi connectivity index (χ1) is 8.22. The fourth-order valence-electron chi connectivity index (χ4n) is 1.60. The Hall–Kier alpha value is -1.01. The van der Waals surface area contributed by atoms with Crippen LogP contribution >= 0.6 is 11.8 Å². The molecule has 0 saturated carbocycles. The van der Waals surface area contributed by atoms with E-state index in [2.05, 4.69) is 40.8 Å². The highest BCUT2D eigenvalue weighted by Crippen LogP contribution is 2.20. The third kappa shape index (κ3) is 4.05. The molecule has 0 aliphatic carbocycles. The van der Waals surface area contributed by atoms with E-state index in [-0.39, 0.29) is 0 Å². The van der Waals surface area contributed by atoms with Crippen molar-refractivity contribution in [2.24, 2.45) is 5.84 Å². The number of nitrogen functional groups attached to an aromatic ring is 1. The van der Waals surface area contributed by atoms with E-state index in [9.17, 15) is 0 Å². The summed E-state index contributed by atoms with van der Waals surface area (Å²) in [5.74, 6) is 8.15. The fraction of sp³-hybridized carbons (Fsp3) is 0.636. The van der Waals surface area contributed by atoms with Crippen molar-refractivity contribution in [1.82, 2.24) is 9.97 Å². The van der Waals surface area contributed by atoms with E-state index >= 15 is 0 Å². The van der Waals surface area contributed by atoms with Gasteiger partial charge in [0.1, 0.15) is 18.0 Å². The van der Waals surface area contributed by atoms with Gasteiger partial charge in [-0.1, -0.05) is 6.92 Å². The van der Waals surface area contributed by atoms with Gasteiger partial charge in [0, 0.05) is 11.6 Å². The van der Waals surface area contributed by atoms with Crippen LogP contribution in [0.15, 0.2) is 6.33 Å². The zero-order valence-electron chi connectivity index (χ0n) is 10.7. The zero-order chi connectivity index (χ0) is 12.7. The molecule has 0 amide bonds. The largest absolute Gasteiger partial charge is 0.367 e. The van der Waals surface area contributed by atoms with Crippen molar-refractivity contribution in [1.29, 1.82) is 0 Å². The summed E-state index contributed by atoms with van der Waals surface area (Å²) in [6, 6.07) is 0.397. The van der Waals surface area contributed by atoms with Crippen LogP contribution in [0.5, 0.6) is 0 Å². The summed E-state index contributed by atoms with van der Waals surface area (Å²) in [6.07, 6.45) is 5.60. The van der Waals surface area contributed by atoms with Gasteiger partial charge in [-0.15, -0.1) is 0 Å². The number of nitrogens with one attached hydrogen (secondary N) is 2. The normalized spacial score (nSPS) is 12.2. The summed E-state index contributed by atoms with van der Waals surface area (Å²) in [4.78, 5) is 8.39. The second-order valence-electron chi connectivity index (χ2n) is 3.87. The minimum absolute atomic E-state index is 0.397. The van der Waals surface area contributed by atoms with Gasteiger partial charge in [-0.3, -0.25) is 0 Å². The van der Waals surface area contributed by atoms with Crippen LogP contribution < -0.4 is 16.6 Å². The highest BCUT2D eigenvalue weighted by Gasteiger charge is 2.10. The number of hydrogen-bond acceptors (Lipinski definition) is 6. The summed E-state index contributed by atoms with van der Waals surface area (Å²) < 4.78 is 0. The van der Waals surface area contributed by atoms with Crippen LogP contribution in [0.2, 0.25) is 0 Å². The van der Waals surface area contributed by atoms with Crippen molar-refractivity contribution >= 4 is 23.4 Å². The number of hydrogen-bond donors (Lipinski definition) is 3. The SMILES string of the molecule is CCc1c(NN)ncnc1NC(C)CCSC. The summed E-state index contributed by atoms with van der Waals surface area (Å²) in [5, 5.41) is 3.41. The lowest BCUT2D eigenvalue weighted by atomic mass is 10.2. The van der Waals surface area contributed by atoms with Crippen molar-refractivity contribution in [3.8, 4) is 0 Å². The monoisotopic (exact) mass is 255 g/mol. The first-order valence-electron chi connectivity index (χ1n) is 5.78. The Morgan fingerprint density at radius 1 is 1.41 bits per heavy atom. The predicted molar refractivity (Wildman–Crippen MR) is 75.3 cm³/mol. The summed E-state index contributed by atoms with van der Waals surface area (Å²) in [5.41, 5.74) is 3.64. The Bertz CT molecular complexity index is 345. The van der Waals surface area contributed by atoms with Gasteiger partial charge in [0.25, 0.3) is 0 Å². The Balaban J connectivity index is 2.75. The highest BCUT2D eigenvalue weighted by atomic mass is 32.2. The van der Waals surface area contributed by atoms with Crippen LogP contribution in [0.1, 0.15) is 25.8 Å². The van der Waals surface area contributed by atoms with E-state index in [1.54, 1.807) is 0 Å². The maximum Gasteiger partial charge on any atom is 0.148 e. The van der Waals surface area contributed by atoms with Crippen molar-refractivity contribution in [2.45, 2.75) is 32.7 Å². The van der Waals surface area contributed by atoms with Crippen LogP contribution in [0, 0.1) is 0 Å². The number of hydrazine groups is 1. The molecular weight excluding hydrogens is 234 g/mol.